The first-order chi connectivity index (χ1) is 6.16. The summed E-state index contributed by atoms with van der Waals surface area (Å²) < 4.78 is -0.542. The molecule has 1 aliphatic carbocycles. The lowest BCUT2D eigenvalue weighted by Crippen LogP contribution is -2.42. The van der Waals surface area contributed by atoms with E-state index in [-0.39, 0.29) is 0 Å². The van der Waals surface area contributed by atoms with Crippen molar-refractivity contribution in [3.63, 3.8) is 0 Å². The van der Waals surface area contributed by atoms with E-state index in [1.54, 1.807) is 18.6 Å². The number of hydrogen-bond donors (Lipinski definition) is 1. The zero-order valence-corrected chi connectivity index (χ0v) is 8.39. The van der Waals surface area contributed by atoms with Crippen molar-refractivity contribution in [3.8, 4) is 0 Å². The minimum absolute atomic E-state index is 0.326. The van der Waals surface area contributed by atoms with Gasteiger partial charge in [-0.3, -0.25) is 4.98 Å². The predicted octanol–water partition coefficient (Wildman–Crippen LogP) is 2.22. The highest BCUT2D eigenvalue weighted by atomic mass is 35.5. The molecule has 0 unspecified atom stereocenters. The molecule has 0 radical (unpaired) electrons. The predicted molar refractivity (Wildman–Crippen MR) is 53.1 cm³/mol. The molecular formula is C8H9Cl2N3. The highest BCUT2D eigenvalue weighted by Crippen LogP contribution is 2.43. The molecule has 1 fully saturated rings. The molecule has 0 saturated heterocycles. The van der Waals surface area contributed by atoms with Crippen LogP contribution in [0, 0.1) is 0 Å². The Bertz CT molecular complexity index is 281. The minimum Gasteiger partial charge on any atom is -0.366 e. The van der Waals surface area contributed by atoms with Crippen LogP contribution in [0.5, 0.6) is 0 Å². The van der Waals surface area contributed by atoms with E-state index >= 15 is 0 Å². The van der Waals surface area contributed by atoms with Crippen molar-refractivity contribution < 1.29 is 0 Å². The molecule has 0 amide bonds. The summed E-state index contributed by atoms with van der Waals surface area (Å²) in [5, 5.41) is 3.19. The second kappa shape index (κ2) is 3.31. The zero-order valence-electron chi connectivity index (χ0n) is 6.87. The van der Waals surface area contributed by atoms with Gasteiger partial charge in [0.1, 0.15) is 10.2 Å². The maximum Gasteiger partial charge on any atom is 0.144 e. The van der Waals surface area contributed by atoms with E-state index in [2.05, 4.69) is 15.3 Å². The Morgan fingerprint density at radius 1 is 1.38 bits per heavy atom. The van der Waals surface area contributed by atoms with Crippen LogP contribution in [-0.2, 0) is 0 Å². The summed E-state index contributed by atoms with van der Waals surface area (Å²) in [5.41, 5.74) is 0. The lowest BCUT2D eigenvalue weighted by Gasteiger charge is -2.38. The van der Waals surface area contributed by atoms with Crippen molar-refractivity contribution in [1.82, 2.24) is 9.97 Å². The molecule has 0 atom stereocenters. The summed E-state index contributed by atoms with van der Waals surface area (Å²) in [6.07, 6.45) is 6.48. The topological polar surface area (TPSA) is 37.8 Å². The first-order valence-corrected chi connectivity index (χ1v) is 4.82. The van der Waals surface area contributed by atoms with E-state index in [1.165, 1.54) is 0 Å². The first-order valence-electron chi connectivity index (χ1n) is 4.06. The van der Waals surface area contributed by atoms with Gasteiger partial charge < -0.3 is 5.32 Å². The third-order valence-corrected chi connectivity index (χ3v) is 2.62. The van der Waals surface area contributed by atoms with Gasteiger partial charge in [0.25, 0.3) is 0 Å². The maximum atomic E-state index is 5.85. The fraction of sp³-hybridized carbons (Fsp3) is 0.500. The van der Waals surface area contributed by atoms with Gasteiger partial charge in [0.05, 0.1) is 6.20 Å². The number of anilines is 1. The van der Waals surface area contributed by atoms with Crippen LogP contribution in [0.25, 0.3) is 0 Å². The second-order valence-electron chi connectivity index (χ2n) is 3.20. The Kier molecular flexibility index (Phi) is 2.30. The van der Waals surface area contributed by atoms with Crippen molar-refractivity contribution in [3.05, 3.63) is 18.6 Å². The Hall–Kier alpha value is -0.540. The average Bonchev–Trinajstić information content (AvgIpc) is 2.03. The van der Waals surface area contributed by atoms with Crippen molar-refractivity contribution in [2.75, 3.05) is 5.32 Å². The van der Waals surface area contributed by atoms with E-state index in [9.17, 15) is 0 Å². The molecule has 0 bridgehead atoms. The number of aromatic nitrogens is 2. The van der Waals surface area contributed by atoms with E-state index in [0.29, 0.717) is 6.04 Å². The fourth-order valence-electron chi connectivity index (χ4n) is 1.35. The fourth-order valence-corrected chi connectivity index (χ4v) is 2.09. The first kappa shape index (κ1) is 9.03. The molecule has 0 aromatic carbocycles. The number of nitrogens with zero attached hydrogens (tertiary/aromatic N) is 2. The number of halogens is 2. The average molecular weight is 218 g/mol. The van der Waals surface area contributed by atoms with Crippen LogP contribution in [0.3, 0.4) is 0 Å². The third kappa shape index (κ3) is 2.23. The van der Waals surface area contributed by atoms with Crippen LogP contribution in [0.15, 0.2) is 18.6 Å². The highest BCUT2D eigenvalue weighted by molar-refractivity contribution is 6.49. The summed E-state index contributed by atoms with van der Waals surface area (Å²) in [6.45, 7) is 0. The largest absolute Gasteiger partial charge is 0.366 e. The molecule has 1 aromatic heterocycles. The van der Waals surface area contributed by atoms with Gasteiger partial charge in [-0.2, -0.15) is 0 Å². The molecule has 1 aromatic rings. The van der Waals surface area contributed by atoms with E-state index in [4.69, 9.17) is 23.2 Å². The number of nitrogens with one attached hydrogen (secondary N) is 1. The third-order valence-electron chi connectivity index (χ3n) is 2.01. The molecule has 1 aliphatic rings. The summed E-state index contributed by atoms with van der Waals surface area (Å²) in [5.74, 6) is 0.774. The van der Waals surface area contributed by atoms with E-state index in [1.807, 2.05) is 0 Å². The van der Waals surface area contributed by atoms with Gasteiger partial charge in [0.15, 0.2) is 0 Å². The number of alkyl halides is 2. The molecular weight excluding hydrogens is 209 g/mol. The molecule has 3 nitrogen and oxygen atoms in total. The van der Waals surface area contributed by atoms with Crippen LogP contribution < -0.4 is 5.32 Å². The Morgan fingerprint density at radius 3 is 2.69 bits per heavy atom. The minimum atomic E-state index is -0.542. The molecule has 0 aliphatic heterocycles. The summed E-state index contributed by atoms with van der Waals surface area (Å²) in [4.78, 5) is 8.03. The molecule has 5 heteroatoms. The van der Waals surface area contributed by atoms with Crippen molar-refractivity contribution >= 4 is 29.0 Å². The van der Waals surface area contributed by atoms with Crippen LogP contribution in [0.2, 0.25) is 0 Å². The molecule has 1 N–H and O–H groups in total. The molecule has 70 valence electrons. The van der Waals surface area contributed by atoms with Crippen molar-refractivity contribution in [2.24, 2.45) is 0 Å². The van der Waals surface area contributed by atoms with Crippen LogP contribution in [0.1, 0.15) is 12.8 Å². The molecule has 13 heavy (non-hydrogen) atoms. The standard InChI is InChI=1S/C8H9Cl2N3/c9-8(10)3-6(4-8)13-7-5-11-1-2-12-7/h1-2,5-6H,3-4H2,(H,12,13). The SMILES string of the molecule is ClC1(Cl)CC(Nc2cnccn2)C1. The number of hydrogen-bond acceptors (Lipinski definition) is 3. The summed E-state index contributed by atoms with van der Waals surface area (Å²) >= 11 is 11.7. The zero-order chi connectivity index (χ0) is 9.31. The normalized spacial score (nSPS) is 20.8. The Balaban J connectivity index is 1.88. The number of rotatable bonds is 2. The smallest absolute Gasteiger partial charge is 0.144 e. The van der Waals surface area contributed by atoms with Gasteiger partial charge in [0, 0.05) is 31.3 Å². The quantitative estimate of drug-likeness (QED) is 0.773. The summed E-state index contributed by atoms with van der Waals surface area (Å²) in [6, 6.07) is 0.326. The lowest BCUT2D eigenvalue weighted by molar-refractivity contribution is 0.413. The molecule has 0 spiro atoms. The van der Waals surface area contributed by atoms with Crippen LogP contribution in [-0.4, -0.2) is 20.3 Å². The van der Waals surface area contributed by atoms with Crippen LogP contribution >= 0.6 is 23.2 Å². The van der Waals surface area contributed by atoms with Crippen LogP contribution in [0.4, 0.5) is 5.82 Å². The van der Waals surface area contributed by atoms with Gasteiger partial charge in [-0.05, 0) is 0 Å². The maximum absolute atomic E-state index is 5.85. The van der Waals surface area contributed by atoms with Gasteiger partial charge in [-0.1, -0.05) is 0 Å². The van der Waals surface area contributed by atoms with Crippen molar-refractivity contribution in [2.45, 2.75) is 23.2 Å². The van der Waals surface area contributed by atoms with E-state index < -0.39 is 4.33 Å². The van der Waals surface area contributed by atoms with E-state index in [0.717, 1.165) is 18.7 Å². The molecule has 1 heterocycles. The highest BCUT2D eigenvalue weighted by Gasteiger charge is 2.41. The van der Waals surface area contributed by atoms with Crippen molar-refractivity contribution in [1.29, 1.82) is 0 Å². The molecule has 2 rings (SSSR count). The second-order valence-corrected chi connectivity index (χ2v) is 4.84. The monoisotopic (exact) mass is 217 g/mol. The Labute approximate surface area is 86.5 Å². The van der Waals surface area contributed by atoms with Gasteiger partial charge in [-0.25, -0.2) is 4.98 Å². The van der Waals surface area contributed by atoms with Gasteiger partial charge in [-0.15, -0.1) is 23.2 Å². The molecule has 1 saturated carbocycles. The lowest BCUT2D eigenvalue weighted by atomic mass is 9.92. The Morgan fingerprint density at radius 2 is 2.15 bits per heavy atom. The van der Waals surface area contributed by atoms with Gasteiger partial charge >= 0.3 is 0 Å². The summed E-state index contributed by atoms with van der Waals surface area (Å²) in [7, 11) is 0. The van der Waals surface area contributed by atoms with Gasteiger partial charge in [0.2, 0.25) is 0 Å².